The summed E-state index contributed by atoms with van der Waals surface area (Å²) in [5.74, 6) is 0.0449. The van der Waals surface area contributed by atoms with E-state index in [0.29, 0.717) is 18.8 Å². The number of urea groups is 1. The third-order valence-electron chi connectivity index (χ3n) is 1.74. The third kappa shape index (κ3) is 5.47. The van der Waals surface area contributed by atoms with Crippen molar-refractivity contribution < 1.29 is 9.53 Å². The van der Waals surface area contributed by atoms with Crippen LogP contribution in [0.3, 0.4) is 0 Å². The van der Waals surface area contributed by atoms with Crippen molar-refractivity contribution in [1.29, 1.82) is 0 Å². The molecule has 1 heterocycles. The second kappa shape index (κ2) is 7.18. The van der Waals surface area contributed by atoms with Gasteiger partial charge in [0, 0.05) is 13.3 Å². The van der Waals surface area contributed by atoms with E-state index in [1.54, 1.807) is 25.4 Å². The first-order chi connectivity index (χ1) is 8.22. The Labute approximate surface area is 99.1 Å². The summed E-state index contributed by atoms with van der Waals surface area (Å²) in [5, 5.41) is 4.94. The molecule has 17 heavy (non-hydrogen) atoms. The van der Waals surface area contributed by atoms with Crippen LogP contribution in [0.5, 0.6) is 0 Å². The van der Waals surface area contributed by atoms with Gasteiger partial charge < -0.3 is 15.8 Å². The minimum absolute atomic E-state index is 0.0449. The highest BCUT2D eigenvalue weighted by Gasteiger charge is 2.02. The zero-order valence-corrected chi connectivity index (χ0v) is 9.51. The van der Waals surface area contributed by atoms with Gasteiger partial charge in [0.2, 0.25) is 0 Å². The van der Waals surface area contributed by atoms with E-state index in [-0.39, 0.29) is 5.96 Å². The normalized spacial score (nSPS) is 11.0. The molecule has 0 radical (unpaired) electrons. The van der Waals surface area contributed by atoms with Crippen LogP contribution in [0.15, 0.2) is 29.5 Å². The molecule has 1 rings (SSSR count). The molecule has 2 amide bonds. The first-order valence-electron chi connectivity index (χ1n) is 4.99. The highest BCUT2D eigenvalue weighted by molar-refractivity contribution is 6.01. The Bertz CT molecular complexity index is 380. The number of pyridine rings is 1. The predicted octanol–water partition coefficient (Wildman–Crippen LogP) is 0.164. The van der Waals surface area contributed by atoms with Gasteiger partial charge in [-0.25, -0.2) is 4.79 Å². The van der Waals surface area contributed by atoms with Crippen LogP contribution < -0.4 is 16.4 Å². The monoisotopic (exact) mass is 237 g/mol. The number of aromatic nitrogens is 1. The van der Waals surface area contributed by atoms with Crippen molar-refractivity contribution in [2.45, 2.75) is 0 Å². The summed E-state index contributed by atoms with van der Waals surface area (Å²) in [4.78, 5) is 19.1. The molecule has 7 nitrogen and oxygen atoms in total. The van der Waals surface area contributed by atoms with E-state index in [4.69, 9.17) is 10.5 Å². The summed E-state index contributed by atoms with van der Waals surface area (Å²) in [6, 6.07) is 2.97. The fourth-order valence-electron chi connectivity index (χ4n) is 1.01. The Kier molecular flexibility index (Phi) is 5.45. The van der Waals surface area contributed by atoms with Gasteiger partial charge in [-0.05, 0) is 12.1 Å². The highest BCUT2D eigenvalue weighted by atomic mass is 16.5. The third-order valence-corrected chi connectivity index (χ3v) is 1.74. The van der Waals surface area contributed by atoms with E-state index in [0.717, 1.165) is 0 Å². The maximum Gasteiger partial charge on any atom is 0.326 e. The topological polar surface area (TPSA) is 102 Å². The van der Waals surface area contributed by atoms with Crippen LogP contribution in [0.1, 0.15) is 0 Å². The maximum atomic E-state index is 11.4. The lowest BCUT2D eigenvalue weighted by Gasteiger charge is -2.06. The van der Waals surface area contributed by atoms with Crippen molar-refractivity contribution in [2.24, 2.45) is 10.7 Å². The summed E-state index contributed by atoms with van der Waals surface area (Å²) in [6.45, 7) is 0.849. The van der Waals surface area contributed by atoms with E-state index in [9.17, 15) is 4.79 Å². The Hall–Kier alpha value is -2.15. The fraction of sp³-hybridized carbons (Fsp3) is 0.300. The van der Waals surface area contributed by atoms with Gasteiger partial charge in [-0.15, -0.1) is 0 Å². The number of ether oxygens (including phenoxy) is 1. The van der Waals surface area contributed by atoms with Gasteiger partial charge in [-0.2, -0.15) is 0 Å². The zero-order valence-electron chi connectivity index (χ0n) is 9.51. The van der Waals surface area contributed by atoms with Crippen LogP contribution in [0.4, 0.5) is 10.5 Å². The number of nitrogens with two attached hydrogens (primary N) is 1. The van der Waals surface area contributed by atoms with Crippen LogP contribution >= 0.6 is 0 Å². The van der Waals surface area contributed by atoms with Crippen LogP contribution in [0, 0.1) is 0 Å². The van der Waals surface area contributed by atoms with Gasteiger partial charge in [0.05, 0.1) is 25.0 Å². The average Bonchev–Trinajstić information content (AvgIpc) is 2.30. The number of hydrogen-bond acceptors (Lipinski definition) is 4. The molecule has 0 bridgehead atoms. The molecule has 0 unspecified atom stereocenters. The maximum absolute atomic E-state index is 11.4. The second-order valence-corrected chi connectivity index (χ2v) is 3.08. The molecule has 7 heteroatoms. The summed E-state index contributed by atoms with van der Waals surface area (Å²) in [6.07, 6.45) is 3.14. The number of nitrogens with zero attached hydrogens (tertiary/aromatic N) is 2. The molecule has 1 aromatic heterocycles. The number of rotatable bonds is 4. The molecule has 92 valence electrons. The summed E-state index contributed by atoms with van der Waals surface area (Å²) in [5.41, 5.74) is 6.05. The Balaban J connectivity index is 2.37. The summed E-state index contributed by atoms with van der Waals surface area (Å²) in [7, 11) is 1.56. The lowest BCUT2D eigenvalue weighted by molar-refractivity contribution is 0.208. The van der Waals surface area contributed by atoms with Crippen molar-refractivity contribution in [2.75, 3.05) is 25.6 Å². The number of carbonyl (C=O) groups is 1. The molecule has 0 aromatic carbocycles. The SMILES string of the molecule is COCCN=C(N)NC(=O)Nc1cccnc1. The molecule has 0 aliphatic rings. The molecular formula is C10H15N5O2. The highest BCUT2D eigenvalue weighted by Crippen LogP contribution is 2.01. The number of aliphatic imine (C=N–C) groups is 1. The van der Waals surface area contributed by atoms with Crippen molar-refractivity contribution in [3.8, 4) is 0 Å². The first-order valence-corrected chi connectivity index (χ1v) is 4.99. The predicted molar refractivity (Wildman–Crippen MR) is 64.8 cm³/mol. The van der Waals surface area contributed by atoms with Crippen molar-refractivity contribution in [3.05, 3.63) is 24.5 Å². The lowest BCUT2D eigenvalue weighted by Crippen LogP contribution is -2.39. The van der Waals surface area contributed by atoms with Crippen LogP contribution in [0.2, 0.25) is 0 Å². The van der Waals surface area contributed by atoms with Gasteiger partial charge in [0.25, 0.3) is 0 Å². The summed E-state index contributed by atoms with van der Waals surface area (Å²) < 4.78 is 4.79. The number of amides is 2. The molecular weight excluding hydrogens is 222 g/mol. The van der Waals surface area contributed by atoms with Crippen molar-refractivity contribution in [3.63, 3.8) is 0 Å². The molecule has 0 spiro atoms. The van der Waals surface area contributed by atoms with E-state index in [2.05, 4.69) is 20.6 Å². The summed E-state index contributed by atoms with van der Waals surface area (Å²) >= 11 is 0. The zero-order chi connectivity index (χ0) is 12.5. The Morgan fingerprint density at radius 1 is 1.65 bits per heavy atom. The Morgan fingerprint density at radius 2 is 2.47 bits per heavy atom. The average molecular weight is 237 g/mol. The Morgan fingerprint density at radius 3 is 3.12 bits per heavy atom. The molecule has 1 aromatic rings. The molecule has 4 N–H and O–H groups in total. The minimum atomic E-state index is -0.461. The number of carbonyl (C=O) groups excluding carboxylic acids is 1. The lowest BCUT2D eigenvalue weighted by atomic mass is 10.4. The van der Waals surface area contributed by atoms with E-state index in [1.807, 2.05) is 0 Å². The fourth-order valence-corrected chi connectivity index (χ4v) is 1.01. The van der Waals surface area contributed by atoms with Crippen molar-refractivity contribution >= 4 is 17.7 Å². The number of methoxy groups -OCH3 is 1. The first kappa shape index (κ1) is 12.9. The molecule has 0 aliphatic carbocycles. The standard InChI is InChI=1S/C10H15N5O2/c1-17-6-5-13-9(11)15-10(16)14-8-3-2-4-12-7-8/h2-4,7H,5-6H2,1H3,(H4,11,13,14,15,16). The smallest absolute Gasteiger partial charge is 0.326 e. The van der Waals surface area contributed by atoms with Crippen LogP contribution in [-0.2, 0) is 4.74 Å². The van der Waals surface area contributed by atoms with Crippen LogP contribution in [0.25, 0.3) is 0 Å². The van der Waals surface area contributed by atoms with Gasteiger partial charge in [0.15, 0.2) is 5.96 Å². The van der Waals surface area contributed by atoms with Gasteiger partial charge in [-0.1, -0.05) is 0 Å². The minimum Gasteiger partial charge on any atom is -0.383 e. The number of nitrogens with one attached hydrogen (secondary N) is 2. The molecule has 0 atom stereocenters. The van der Waals surface area contributed by atoms with Gasteiger partial charge >= 0.3 is 6.03 Å². The molecule has 0 aliphatic heterocycles. The number of guanidine groups is 1. The molecule has 0 saturated heterocycles. The van der Waals surface area contributed by atoms with Gasteiger partial charge in [-0.3, -0.25) is 15.3 Å². The largest absolute Gasteiger partial charge is 0.383 e. The van der Waals surface area contributed by atoms with Crippen LogP contribution in [-0.4, -0.2) is 37.2 Å². The molecule has 0 fully saturated rings. The van der Waals surface area contributed by atoms with E-state index >= 15 is 0 Å². The van der Waals surface area contributed by atoms with E-state index < -0.39 is 6.03 Å². The molecule has 0 saturated carbocycles. The van der Waals surface area contributed by atoms with Crippen molar-refractivity contribution in [1.82, 2.24) is 10.3 Å². The van der Waals surface area contributed by atoms with Gasteiger partial charge in [0.1, 0.15) is 0 Å². The van der Waals surface area contributed by atoms with E-state index in [1.165, 1.54) is 6.20 Å². The second-order valence-electron chi connectivity index (χ2n) is 3.08. The quantitative estimate of drug-likeness (QED) is 0.394. The number of hydrogen-bond donors (Lipinski definition) is 3. The number of anilines is 1.